The average molecular weight is 698 g/mol. The molecule has 0 amide bonds. The van der Waals surface area contributed by atoms with E-state index in [-0.39, 0.29) is 41.1 Å². The van der Waals surface area contributed by atoms with Crippen molar-refractivity contribution < 1.29 is 49.0 Å². The Morgan fingerprint density at radius 3 is 1.91 bits per heavy atom. The van der Waals surface area contributed by atoms with Crippen molar-refractivity contribution in [2.24, 2.45) is 10.8 Å². The van der Waals surface area contributed by atoms with Gasteiger partial charge in [0.15, 0.2) is 0 Å². The Morgan fingerprint density at radius 1 is 0.841 bits per heavy atom. The predicted molar refractivity (Wildman–Crippen MR) is 177 cm³/mol. The van der Waals surface area contributed by atoms with Gasteiger partial charge in [0.25, 0.3) is 0 Å². The molecular formula is C41H43Cl2Zr-. The van der Waals surface area contributed by atoms with Crippen LogP contribution in [0.25, 0.3) is 11.6 Å². The van der Waals surface area contributed by atoms with Crippen LogP contribution in [-0.2, 0) is 29.7 Å². The van der Waals surface area contributed by atoms with Gasteiger partial charge in [-0.05, 0) is 29.1 Å². The second-order valence-electron chi connectivity index (χ2n) is 13.6. The number of hydrogen-bond acceptors (Lipinski definition) is 0. The number of hydrogen-bond donors (Lipinski definition) is 0. The first-order valence-corrected chi connectivity index (χ1v) is 16.5. The van der Waals surface area contributed by atoms with Crippen LogP contribution in [0.4, 0.5) is 0 Å². The summed E-state index contributed by atoms with van der Waals surface area (Å²) in [4.78, 5) is 0. The summed E-state index contributed by atoms with van der Waals surface area (Å²) >= 11 is 1.46. The standard InChI is InChI=1S/C28H33.C13H10.2ClH.Zr/c1-8-28(27(5,6)7)16-15-23-22-14-13-21(26(2,3)4)17-20(22)18-24(23)25(28)19-11-9-10-12-19;1-3-7-12(8-4-1)11-13-9-5-2-6-10-13;;;/h9-11,13-17H,8,12H2,1-7H3;1-10H;2*1H;/q-1;;;;+2/p-2. The molecule has 3 heteroatoms. The number of halogens is 2. The average Bonchev–Trinajstić information content (AvgIpc) is 3.64. The van der Waals surface area contributed by atoms with Crippen molar-refractivity contribution in [3.8, 4) is 0 Å². The summed E-state index contributed by atoms with van der Waals surface area (Å²) in [5.74, 6) is 0. The van der Waals surface area contributed by atoms with Gasteiger partial charge in [-0.2, -0.15) is 0 Å². The van der Waals surface area contributed by atoms with Gasteiger partial charge in [0.2, 0.25) is 0 Å². The van der Waals surface area contributed by atoms with Crippen molar-refractivity contribution in [1.29, 1.82) is 0 Å². The Balaban J connectivity index is 0.000000280. The van der Waals surface area contributed by atoms with E-state index in [1.807, 2.05) is 0 Å². The topological polar surface area (TPSA) is 0 Å². The molecule has 0 nitrogen and oxygen atoms in total. The molecule has 0 saturated carbocycles. The summed E-state index contributed by atoms with van der Waals surface area (Å²) in [7, 11) is 0. The molecular weight excluding hydrogens is 655 g/mol. The quantitative estimate of drug-likeness (QED) is 0.369. The van der Waals surface area contributed by atoms with Crippen molar-refractivity contribution >= 4 is 14.9 Å². The van der Waals surface area contributed by atoms with Gasteiger partial charge in [0, 0.05) is 0 Å². The van der Waals surface area contributed by atoms with E-state index in [4.69, 9.17) is 0 Å². The second-order valence-corrected chi connectivity index (χ2v) is 14.9. The van der Waals surface area contributed by atoms with Crippen molar-refractivity contribution in [2.75, 3.05) is 0 Å². The molecule has 1 atom stereocenters. The molecule has 1 unspecified atom stereocenters. The zero-order valence-electron chi connectivity index (χ0n) is 27.1. The molecule has 0 heterocycles. The molecule has 0 spiro atoms. The molecule has 226 valence electrons. The van der Waals surface area contributed by atoms with Crippen LogP contribution in [-0.4, -0.2) is 3.21 Å². The summed E-state index contributed by atoms with van der Waals surface area (Å²) in [5.41, 5.74) is 10.0. The molecule has 6 rings (SSSR count). The van der Waals surface area contributed by atoms with Crippen LogP contribution in [0.3, 0.4) is 0 Å². The monoisotopic (exact) mass is 695 g/mol. The Kier molecular flexibility index (Phi) is 11.8. The summed E-state index contributed by atoms with van der Waals surface area (Å²) in [6.45, 7) is 16.3. The van der Waals surface area contributed by atoms with Crippen LogP contribution in [0.1, 0.15) is 78.0 Å². The summed E-state index contributed by atoms with van der Waals surface area (Å²) in [6.07, 6.45) is 17.7. The van der Waals surface area contributed by atoms with Crippen molar-refractivity contribution in [2.45, 2.75) is 66.7 Å². The van der Waals surface area contributed by atoms with Gasteiger partial charge in [-0.3, -0.25) is 0 Å². The molecule has 44 heavy (non-hydrogen) atoms. The molecule has 3 aromatic carbocycles. The minimum atomic E-state index is 0. The zero-order chi connectivity index (χ0) is 30.1. The molecule has 0 N–H and O–H groups in total. The van der Waals surface area contributed by atoms with E-state index < -0.39 is 0 Å². The first kappa shape index (κ1) is 36.2. The second kappa shape index (κ2) is 14.4. The fourth-order valence-corrected chi connectivity index (χ4v) is 7.31. The number of allylic oxidation sites excluding steroid dienone is 8. The summed E-state index contributed by atoms with van der Waals surface area (Å²) in [6, 6.07) is 28.1. The first-order valence-electron chi connectivity index (χ1n) is 15.2. The van der Waals surface area contributed by atoms with Gasteiger partial charge in [0.1, 0.15) is 0 Å². The molecule has 0 radical (unpaired) electrons. The number of rotatable bonds is 4. The fourth-order valence-electron chi connectivity index (χ4n) is 6.49. The Bertz CT molecular complexity index is 1700. The van der Waals surface area contributed by atoms with Crippen LogP contribution in [0.15, 0.2) is 126 Å². The fraction of sp³-hybridized carbons (Fsp3) is 0.293. The van der Waals surface area contributed by atoms with Gasteiger partial charge < -0.3 is 24.8 Å². The van der Waals surface area contributed by atoms with Crippen LogP contribution in [0, 0.1) is 10.8 Å². The molecule has 0 aliphatic heterocycles. The third kappa shape index (κ3) is 7.07. The maximum atomic E-state index is 3.86. The van der Waals surface area contributed by atoms with Gasteiger partial charge in [-0.15, -0.1) is 33.7 Å². The summed E-state index contributed by atoms with van der Waals surface area (Å²) in [5, 5.41) is 2.59. The molecule has 3 aromatic rings. The van der Waals surface area contributed by atoms with Crippen molar-refractivity contribution in [3.63, 3.8) is 0 Å². The predicted octanol–water partition coefficient (Wildman–Crippen LogP) is 2.81. The minimum absolute atomic E-state index is 0. The van der Waals surface area contributed by atoms with Crippen molar-refractivity contribution in [3.05, 3.63) is 153 Å². The van der Waals surface area contributed by atoms with Gasteiger partial charge in [-0.25, -0.2) is 0 Å². The maximum absolute atomic E-state index is 3.86. The Hall–Kier alpha value is -2.31. The molecule has 3 aliphatic rings. The van der Waals surface area contributed by atoms with E-state index in [0.717, 1.165) is 12.8 Å². The third-order valence-electron chi connectivity index (χ3n) is 9.05. The van der Waals surface area contributed by atoms with E-state index in [1.165, 1.54) is 76.9 Å². The van der Waals surface area contributed by atoms with E-state index >= 15 is 0 Å². The molecule has 0 saturated heterocycles. The first-order chi connectivity index (χ1) is 20.0. The van der Waals surface area contributed by atoms with Crippen molar-refractivity contribution in [1.82, 2.24) is 0 Å². The third-order valence-corrected chi connectivity index (χ3v) is 10.5. The molecule has 0 fully saturated rings. The van der Waals surface area contributed by atoms with Gasteiger partial charge >= 0.3 is 99.2 Å². The molecule has 0 bridgehead atoms. The zero-order valence-corrected chi connectivity index (χ0v) is 31.0. The van der Waals surface area contributed by atoms with E-state index in [0.29, 0.717) is 0 Å². The number of benzene rings is 3. The van der Waals surface area contributed by atoms with E-state index in [1.54, 1.807) is 0 Å². The van der Waals surface area contributed by atoms with E-state index in [9.17, 15) is 0 Å². The Labute approximate surface area is 292 Å². The normalized spacial score (nSPS) is 18.2. The number of fused-ring (bicyclic) bond motifs is 2. The molecule has 0 aromatic heterocycles. The van der Waals surface area contributed by atoms with Crippen LogP contribution in [0.2, 0.25) is 0 Å². The SMILES string of the molecule is CCC1(C(C)(C)C)C=CC2=c3ccc(C(C)(C)C)cc3=[C-]C2=C1C1=CC=CC1.[Cl-].[Cl-].[Zr+2]=[C](c1ccccc1)c1ccccc1. The summed E-state index contributed by atoms with van der Waals surface area (Å²) < 4.78 is 1.42. The molecule has 3 aliphatic carbocycles. The van der Waals surface area contributed by atoms with E-state index in [2.05, 4.69) is 164 Å². The van der Waals surface area contributed by atoms with Crippen LogP contribution in [0.5, 0.6) is 0 Å². The van der Waals surface area contributed by atoms with Gasteiger partial charge in [-0.1, -0.05) is 108 Å². The van der Waals surface area contributed by atoms with Crippen LogP contribution < -0.4 is 35.3 Å². The van der Waals surface area contributed by atoms with Gasteiger partial charge in [0.05, 0.1) is 0 Å². The Morgan fingerprint density at radius 2 is 1.43 bits per heavy atom. The van der Waals surface area contributed by atoms with Crippen LogP contribution >= 0.6 is 0 Å².